The summed E-state index contributed by atoms with van der Waals surface area (Å²) in [6, 6.07) is 10.1. The highest BCUT2D eigenvalue weighted by Gasteiger charge is 2.00. The van der Waals surface area contributed by atoms with Gasteiger partial charge in [0.05, 0.1) is 0 Å². The first kappa shape index (κ1) is 13.8. The number of para-hydroxylation sites is 1. The maximum Gasteiger partial charge on any atom is 0.126 e. The molecule has 1 aromatic carbocycles. The molecule has 0 heterocycles. The summed E-state index contributed by atoms with van der Waals surface area (Å²) >= 11 is 0. The second-order valence-electron chi connectivity index (χ2n) is 4.33. The van der Waals surface area contributed by atoms with E-state index in [1.807, 2.05) is 30.3 Å². The van der Waals surface area contributed by atoms with Gasteiger partial charge in [0, 0.05) is 6.42 Å². The third-order valence-corrected chi connectivity index (χ3v) is 2.70. The average molecular weight is 232 g/mol. The lowest BCUT2D eigenvalue weighted by Gasteiger charge is -2.10. The molecule has 1 rings (SSSR count). The van der Waals surface area contributed by atoms with Gasteiger partial charge in [0.2, 0.25) is 0 Å². The molecule has 0 spiro atoms. The molecular weight excluding hydrogens is 208 g/mol. The smallest absolute Gasteiger partial charge is 0.126 e. The Balaban J connectivity index is 2.53. The lowest BCUT2D eigenvalue weighted by Crippen LogP contribution is -1.95. The fourth-order valence-electron chi connectivity index (χ4n) is 1.65. The molecule has 17 heavy (non-hydrogen) atoms. The zero-order chi connectivity index (χ0) is 12.3. The molecule has 1 heteroatoms. The van der Waals surface area contributed by atoms with Crippen molar-refractivity contribution >= 4 is 0 Å². The van der Waals surface area contributed by atoms with Crippen LogP contribution in [0, 0.1) is 0 Å². The van der Waals surface area contributed by atoms with E-state index in [0.29, 0.717) is 0 Å². The van der Waals surface area contributed by atoms with Crippen molar-refractivity contribution in [3.05, 3.63) is 42.2 Å². The van der Waals surface area contributed by atoms with Crippen LogP contribution in [0.25, 0.3) is 0 Å². The molecule has 0 bridgehead atoms. The maximum atomic E-state index is 5.92. The van der Waals surface area contributed by atoms with Crippen LogP contribution in [0.15, 0.2) is 42.2 Å². The Morgan fingerprint density at radius 2 is 1.76 bits per heavy atom. The van der Waals surface area contributed by atoms with E-state index in [2.05, 4.69) is 19.9 Å². The van der Waals surface area contributed by atoms with Gasteiger partial charge in [0.25, 0.3) is 0 Å². The largest absolute Gasteiger partial charge is 0.462 e. The van der Waals surface area contributed by atoms with E-state index in [-0.39, 0.29) is 0 Å². The molecule has 0 amide bonds. The lowest BCUT2D eigenvalue weighted by atomic mass is 10.1. The zero-order valence-electron chi connectivity index (χ0n) is 11.1. The molecule has 1 nitrogen and oxygen atoms in total. The van der Waals surface area contributed by atoms with Crippen LogP contribution in [0.3, 0.4) is 0 Å². The highest BCUT2D eigenvalue weighted by Crippen LogP contribution is 2.17. The summed E-state index contributed by atoms with van der Waals surface area (Å²) < 4.78 is 5.92. The third-order valence-electron chi connectivity index (χ3n) is 2.70. The van der Waals surface area contributed by atoms with Gasteiger partial charge in [0.15, 0.2) is 0 Å². The van der Waals surface area contributed by atoms with E-state index in [4.69, 9.17) is 4.74 Å². The lowest BCUT2D eigenvalue weighted by molar-refractivity contribution is 0.395. The van der Waals surface area contributed by atoms with Crippen LogP contribution in [-0.2, 0) is 0 Å². The van der Waals surface area contributed by atoms with E-state index < -0.39 is 0 Å². The topological polar surface area (TPSA) is 9.23 Å². The number of hydrogen-bond acceptors (Lipinski definition) is 1. The molecule has 0 unspecified atom stereocenters. The van der Waals surface area contributed by atoms with Crippen molar-refractivity contribution in [2.45, 2.75) is 52.4 Å². The molecule has 0 saturated heterocycles. The Hall–Kier alpha value is -1.24. The van der Waals surface area contributed by atoms with Crippen molar-refractivity contribution in [3.63, 3.8) is 0 Å². The molecule has 0 aliphatic carbocycles. The minimum Gasteiger partial charge on any atom is -0.462 e. The molecule has 0 atom stereocenters. The third kappa shape index (κ3) is 6.15. The second-order valence-corrected chi connectivity index (χ2v) is 4.33. The Labute approximate surface area is 106 Å². The Morgan fingerprint density at radius 1 is 1.06 bits per heavy atom. The fourth-order valence-corrected chi connectivity index (χ4v) is 1.65. The second kappa shape index (κ2) is 8.86. The molecule has 0 saturated carbocycles. The number of hydrogen-bond donors (Lipinski definition) is 0. The van der Waals surface area contributed by atoms with Crippen molar-refractivity contribution in [3.8, 4) is 5.75 Å². The van der Waals surface area contributed by atoms with Gasteiger partial charge in [-0.2, -0.15) is 0 Å². The molecular formula is C16H24O. The minimum absolute atomic E-state index is 0.950. The van der Waals surface area contributed by atoms with Crippen LogP contribution in [0.1, 0.15) is 52.4 Å². The first-order valence-corrected chi connectivity index (χ1v) is 6.78. The zero-order valence-corrected chi connectivity index (χ0v) is 11.1. The van der Waals surface area contributed by atoms with Crippen molar-refractivity contribution in [1.82, 2.24) is 0 Å². The first-order valence-electron chi connectivity index (χ1n) is 6.78. The summed E-state index contributed by atoms with van der Waals surface area (Å²) in [5.74, 6) is 2.08. The number of allylic oxidation sites excluding steroid dienone is 2. The number of ether oxygens (including phenoxy) is 1. The molecule has 94 valence electrons. The summed E-state index contributed by atoms with van der Waals surface area (Å²) in [7, 11) is 0. The van der Waals surface area contributed by atoms with Crippen molar-refractivity contribution < 1.29 is 4.74 Å². The molecule has 0 fully saturated rings. The van der Waals surface area contributed by atoms with E-state index in [1.165, 1.54) is 25.7 Å². The van der Waals surface area contributed by atoms with Crippen molar-refractivity contribution in [1.29, 1.82) is 0 Å². The Morgan fingerprint density at radius 3 is 2.41 bits per heavy atom. The highest BCUT2D eigenvalue weighted by atomic mass is 16.5. The van der Waals surface area contributed by atoms with Gasteiger partial charge < -0.3 is 4.74 Å². The van der Waals surface area contributed by atoms with Gasteiger partial charge in [-0.05, 0) is 37.5 Å². The van der Waals surface area contributed by atoms with E-state index in [9.17, 15) is 0 Å². The summed E-state index contributed by atoms with van der Waals surface area (Å²) in [5, 5.41) is 0. The Bertz CT molecular complexity index is 314. The van der Waals surface area contributed by atoms with Gasteiger partial charge in [-0.15, -0.1) is 0 Å². The summed E-state index contributed by atoms with van der Waals surface area (Å²) in [6.07, 6.45) is 9.33. The number of rotatable bonds is 8. The predicted molar refractivity (Wildman–Crippen MR) is 74.2 cm³/mol. The van der Waals surface area contributed by atoms with Gasteiger partial charge in [-0.3, -0.25) is 0 Å². The molecule has 1 aromatic rings. The quantitative estimate of drug-likeness (QED) is 0.435. The van der Waals surface area contributed by atoms with Crippen LogP contribution in [0.2, 0.25) is 0 Å². The number of unbranched alkanes of at least 4 members (excludes halogenated alkanes) is 3. The van der Waals surface area contributed by atoms with Gasteiger partial charge in [-0.1, -0.05) is 44.9 Å². The predicted octanol–water partition coefficient (Wildman–Crippen LogP) is 5.33. The average Bonchev–Trinajstić information content (AvgIpc) is 2.37. The summed E-state index contributed by atoms with van der Waals surface area (Å²) in [4.78, 5) is 0. The standard InChI is InChI=1S/C16H24O/c1-3-5-8-12-15(11-6-4-2)17-16-13-9-7-10-14-16/h7,9-10,12-14H,3-6,8,11H2,1-2H3/b15-12-. The van der Waals surface area contributed by atoms with Crippen LogP contribution in [-0.4, -0.2) is 0 Å². The van der Waals surface area contributed by atoms with E-state index in [1.54, 1.807) is 0 Å². The highest BCUT2D eigenvalue weighted by molar-refractivity contribution is 5.23. The Kier molecular flexibility index (Phi) is 7.20. The van der Waals surface area contributed by atoms with Crippen LogP contribution in [0.5, 0.6) is 5.75 Å². The van der Waals surface area contributed by atoms with Gasteiger partial charge in [0.1, 0.15) is 11.5 Å². The van der Waals surface area contributed by atoms with E-state index >= 15 is 0 Å². The van der Waals surface area contributed by atoms with Gasteiger partial charge in [-0.25, -0.2) is 0 Å². The summed E-state index contributed by atoms with van der Waals surface area (Å²) in [5.41, 5.74) is 0. The summed E-state index contributed by atoms with van der Waals surface area (Å²) in [6.45, 7) is 4.43. The normalized spacial score (nSPS) is 11.5. The monoisotopic (exact) mass is 232 g/mol. The molecule has 0 aliphatic heterocycles. The SMILES string of the molecule is CCCC/C=C(/CCCC)Oc1ccccc1. The van der Waals surface area contributed by atoms with Crippen molar-refractivity contribution in [2.75, 3.05) is 0 Å². The van der Waals surface area contributed by atoms with E-state index in [0.717, 1.165) is 24.4 Å². The van der Waals surface area contributed by atoms with Crippen molar-refractivity contribution in [2.24, 2.45) is 0 Å². The molecule has 0 aliphatic rings. The number of benzene rings is 1. The minimum atomic E-state index is 0.950. The van der Waals surface area contributed by atoms with Gasteiger partial charge >= 0.3 is 0 Å². The van der Waals surface area contributed by atoms with Crippen LogP contribution < -0.4 is 4.74 Å². The fraction of sp³-hybridized carbons (Fsp3) is 0.500. The first-order chi connectivity index (χ1) is 8.36. The van der Waals surface area contributed by atoms with Crippen LogP contribution >= 0.6 is 0 Å². The molecule has 0 aromatic heterocycles. The maximum absolute atomic E-state index is 5.92. The molecule has 0 N–H and O–H groups in total. The van der Waals surface area contributed by atoms with Crippen LogP contribution in [0.4, 0.5) is 0 Å². The molecule has 0 radical (unpaired) electrons.